The molecule has 3 rings (SSSR count). The van der Waals surface area contributed by atoms with Crippen LogP contribution in [0.25, 0.3) is 0 Å². The highest BCUT2D eigenvalue weighted by atomic mass is 35.5. The Morgan fingerprint density at radius 1 is 1.21 bits per heavy atom. The van der Waals surface area contributed by atoms with Gasteiger partial charge in [0.1, 0.15) is 35.4 Å². The van der Waals surface area contributed by atoms with Crippen molar-refractivity contribution < 1.29 is 18.7 Å². The van der Waals surface area contributed by atoms with E-state index in [0.717, 1.165) is 5.56 Å². The monoisotopic (exact) mass is 442 g/mol. The van der Waals surface area contributed by atoms with Crippen molar-refractivity contribution in [2.24, 2.45) is 12.8 Å². The highest BCUT2D eigenvalue weighted by Crippen LogP contribution is 2.29. The molecule has 0 aliphatic heterocycles. The SMILES string of the molecule is COc1cc(OC)cc(C(NC(=O)c2coc(CN)c2)c2nccn2C)c1.Cl.Cl. The predicted octanol–water partition coefficient (Wildman–Crippen LogP) is 2.85. The molecule has 1 amide bonds. The number of imidazole rings is 1. The highest BCUT2D eigenvalue weighted by Gasteiger charge is 2.23. The lowest BCUT2D eigenvalue weighted by Crippen LogP contribution is -2.31. The summed E-state index contributed by atoms with van der Waals surface area (Å²) in [5, 5.41) is 3.00. The van der Waals surface area contributed by atoms with E-state index in [9.17, 15) is 4.79 Å². The number of aromatic nitrogens is 2. The van der Waals surface area contributed by atoms with Crippen LogP contribution in [0.15, 0.2) is 47.3 Å². The number of amides is 1. The zero-order chi connectivity index (χ0) is 19.4. The van der Waals surface area contributed by atoms with E-state index in [1.54, 1.807) is 32.5 Å². The van der Waals surface area contributed by atoms with Gasteiger partial charge < -0.3 is 29.5 Å². The van der Waals surface area contributed by atoms with Crippen molar-refractivity contribution in [3.8, 4) is 11.5 Å². The molecule has 0 bridgehead atoms. The maximum atomic E-state index is 12.8. The Balaban J connectivity index is 0.00000210. The Kier molecular flexibility index (Phi) is 9.03. The second-order valence-corrected chi connectivity index (χ2v) is 5.95. The van der Waals surface area contributed by atoms with Crippen LogP contribution in [0, 0.1) is 0 Å². The van der Waals surface area contributed by atoms with Gasteiger partial charge in [-0.25, -0.2) is 4.98 Å². The van der Waals surface area contributed by atoms with E-state index < -0.39 is 6.04 Å². The van der Waals surface area contributed by atoms with Crippen LogP contribution < -0.4 is 20.5 Å². The van der Waals surface area contributed by atoms with Crippen LogP contribution in [0.2, 0.25) is 0 Å². The fourth-order valence-electron chi connectivity index (χ4n) is 2.77. The maximum absolute atomic E-state index is 12.8. The molecule has 3 N–H and O–H groups in total. The summed E-state index contributed by atoms with van der Waals surface area (Å²) in [4.78, 5) is 17.2. The van der Waals surface area contributed by atoms with Crippen LogP contribution in [-0.4, -0.2) is 29.7 Å². The highest BCUT2D eigenvalue weighted by molar-refractivity contribution is 5.94. The van der Waals surface area contributed by atoms with Crippen molar-refractivity contribution in [3.05, 3.63) is 65.6 Å². The minimum absolute atomic E-state index is 0. The number of hydrogen-bond acceptors (Lipinski definition) is 6. The number of carbonyl (C=O) groups is 1. The van der Waals surface area contributed by atoms with Gasteiger partial charge >= 0.3 is 0 Å². The van der Waals surface area contributed by atoms with Gasteiger partial charge in [-0.05, 0) is 23.8 Å². The summed E-state index contributed by atoms with van der Waals surface area (Å²) in [6, 6.07) is 6.55. The maximum Gasteiger partial charge on any atom is 0.255 e. The van der Waals surface area contributed by atoms with Gasteiger partial charge in [-0.3, -0.25) is 4.79 Å². The normalized spacial score (nSPS) is 11.0. The molecule has 29 heavy (non-hydrogen) atoms. The Morgan fingerprint density at radius 2 is 1.86 bits per heavy atom. The smallest absolute Gasteiger partial charge is 0.255 e. The Bertz CT molecular complexity index is 920. The van der Waals surface area contributed by atoms with Crippen molar-refractivity contribution in [2.75, 3.05) is 14.2 Å². The van der Waals surface area contributed by atoms with E-state index >= 15 is 0 Å². The molecular formula is C19H24Cl2N4O4. The van der Waals surface area contributed by atoms with Crippen molar-refractivity contribution >= 4 is 30.7 Å². The Hall–Kier alpha value is -2.68. The van der Waals surface area contributed by atoms with Crippen LogP contribution in [0.1, 0.15) is 33.5 Å². The number of rotatable bonds is 7. The first kappa shape index (κ1) is 24.4. The van der Waals surface area contributed by atoms with Gasteiger partial charge in [0.15, 0.2) is 0 Å². The van der Waals surface area contributed by atoms with Crippen molar-refractivity contribution in [2.45, 2.75) is 12.6 Å². The van der Waals surface area contributed by atoms with Gasteiger partial charge in [0.05, 0.1) is 26.3 Å². The number of ether oxygens (including phenoxy) is 2. The Morgan fingerprint density at radius 3 is 2.34 bits per heavy atom. The molecule has 2 heterocycles. The number of methoxy groups -OCH3 is 2. The molecule has 0 aliphatic carbocycles. The van der Waals surface area contributed by atoms with Gasteiger partial charge in [-0.1, -0.05) is 0 Å². The quantitative estimate of drug-likeness (QED) is 0.582. The zero-order valence-corrected chi connectivity index (χ0v) is 17.9. The van der Waals surface area contributed by atoms with E-state index in [2.05, 4.69) is 10.3 Å². The fourth-order valence-corrected chi connectivity index (χ4v) is 2.77. The van der Waals surface area contributed by atoms with Gasteiger partial charge in [-0.15, -0.1) is 24.8 Å². The summed E-state index contributed by atoms with van der Waals surface area (Å²) < 4.78 is 17.8. The number of carbonyl (C=O) groups excluding carboxylic acids is 1. The van der Waals surface area contributed by atoms with Crippen LogP contribution in [0.5, 0.6) is 11.5 Å². The number of nitrogens with two attached hydrogens (primary N) is 1. The average molecular weight is 443 g/mol. The number of halogens is 2. The first-order chi connectivity index (χ1) is 13.0. The topological polar surface area (TPSA) is 105 Å². The summed E-state index contributed by atoms with van der Waals surface area (Å²) in [6.45, 7) is 0.225. The molecule has 0 saturated carbocycles. The molecular weight excluding hydrogens is 419 g/mol. The van der Waals surface area contributed by atoms with Crippen molar-refractivity contribution in [1.29, 1.82) is 0 Å². The number of nitrogens with zero attached hydrogens (tertiary/aromatic N) is 2. The Labute approximate surface area is 181 Å². The molecule has 1 unspecified atom stereocenters. The van der Waals surface area contributed by atoms with Gasteiger partial charge in [0.2, 0.25) is 0 Å². The summed E-state index contributed by atoms with van der Waals surface area (Å²) in [7, 11) is 5.02. The molecule has 0 fully saturated rings. The van der Waals surface area contributed by atoms with Crippen LogP contribution >= 0.6 is 24.8 Å². The minimum Gasteiger partial charge on any atom is -0.497 e. The number of nitrogens with one attached hydrogen (secondary N) is 1. The number of aryl methyl sites for hydroxylation is 1. The minimum atomic E-state index is -0.516. The molecule has 0 spiro atoms. The molecule has 3 aromatic rings. The molecule has 0 aliphatic rings. The lowest BCUT2D eigenvalue weighted by atomic mass is 10.0. The number of furan rings is 1. The second kappa shape index (κ2) is 10.8. The van der Waals surface area contributed by atoms with Crippen LogP contribution in [-0.2, 0) is 13.6 Å². The van der Waals surface area contributed by atoms with E-state index in [1.807, 2.05) is 29.9 Å². The standard InChI is InChI=1S/C19H22N4O4.2ClH/c1-23-5-4-21-18(23)17(12-6-14(25-2)9-15(7-12)26-3)22-19(24)13-8-16(10-20)27-11-13;;/h4-9,11,17H,10,20H2,1-3H3,(H,22,24);2*1H. The van der Waals surface area contributed by atoms with Gasteiger partial charge in [0.25, 0.3) is 5.91 Å². The fraction of sp³-hybridized carbons (Fsp3) is 0.263. The summed E-state index contributed by atoms with van der Waals surface area (Å²) in [5.74, 6) is 2.14. The molecule has 10 heteroatoms. The van der Waals surface area contributed by atoms with Gasteiger partial charge in [-0.2, -0.15) is 0 Å². The van der Waals surface area contributed by atoms with E-state index in [1.165, 1.54) is 6.26 Å². The molecule has 1 atom stereocenters. The largest absolute Gasteiger partial charge is 0.497 e. The molecule has 158 valence electrons. The van der Waals surface area contributed by atoms with Crippen LogP contribution in [0.4, 0.5) is 0 Å². The van der Waals surface area contributed by atoms with E-state index in [-0.39, 0.29) is 37.3 Å². The molecule has 1 aromatic carbocycles. The molecule has 2 aromatic heterocycles. The van der Waals surface area contributed by atoms with Crippen molar-refractivity contribution in [1.82, 2.24) is 14.9 Å². The molecule has 0 saturated heterocycles. The summed E-state index contributed by atoms with van der Waals surface area (Å²) in [6.07, 6.45) is 4.88. The number of hydrogen-bond donors (Lipinski definition) is 2. The lowest BCUT2D eigenvalue weighted by molar-refractivity contribution is 0.0940. The first-order valence-corrected chi connectivity index (χ1v) is 8.34. The third kappa shape index (κ3) is 5.44. The second-order valence-electron chi connectivity index (χ2n) is 5.95. The number of benzene rings is 1. The van der Waals surface area contributed by atoms with Gasteiger partial charge in [0, 0.05) is 25.5 Å². The molecule has 8 nitrogen and oxygen atoms in total. The third-order valence-electron chi connectivity index (χ3n) is 4.22. The summed E-state index contributed by atoms with van der Waals surface area (Å²) in [5.41, 5.74) is 6.72. The summed E-state index contributed by atoms with van der Waals surface area (Å²) >= 11 is 0. The third-order valence-corrected chi connectivity index (χ3v) is 4.22. The van der Waals surface area contributed by atoms with E-state index in [0.29, 0.717) is 28.6 Å². The zero-order valence-electron chi connectivity index (χ0n) is 16.2. The van der Waals surface area contributed by atoms with Crippen molar-refractivity contribution in [3.63, 3.8) is 0 Å². The molecule has 0 radical (unpaired) electrons. The average Bonchev–Trinajstić information content (AvgIpc) is 3.34. The lowest BCUT2D eigenvalue weighted by Gasteiger charge is -2.20. The van der Waals surface area contributed by atoms with Crippen LogP contribution in [0.3, 0.4) is 0 Å². The van der Waals surface area contributed by atoms with E-state index in [4.69, 9.17) is 19.6 Å². The predicted molar refractivity (Wildman–Crippen MR) is 113 cm³/mol. The first-order valence-electron chi connectivity index (χ1n) is 8.34.